The maximum atomic E-state index is 13.5. The second kappa shape index (κ2) is 10.9. The Labute approximate surface area is 233 Å². The molecular weight excluding hydrogens is 512 g/mol. The molecule has 2 aliphatic rings. The van der Waals surface area contributed by atoms with Gasteiger partial charge in [-0.25, -0.2) is 4.79 Å². The molecule has 1 aliphatic carbocycles. The van der Waals surface area contributed by atoms with Crippen molar-refractivity contribution in [3.05, 3.63) is 107 Å². The van der Waals surface area contributed by atoms with Crippen molar-refractivity contribution in [3.8, 4) is 5.75 Å². The van der Waals surface area contributed by atoms with Crippen LogP contribution in [0.1, 0.15) is 82.4 Å². The molecule has 1 heterocycles. The number of halogens is 2. The molecule has 1 aliphatic heterocycles. The Balaban J connectivity index is 1.26. The number of carbonyl (C=O) groups excluding carboxylic acids is 1. The summed E-state index contributed by atoms with van der Waals surface area (Å²) in [6, 6.07) is 19.6. The summed E-state index contributed by atoms with van der Waals surface area (Å²) in [7, 11) is 0. The zero-order valence-corrected chi connectivity index (χ0v) is 22.5. The van der Waals surface area contributed by atoms with Crippen LogP contribution in [0.25, 0.3) is 0 Å². The maximum absolute atomic E-state index is 13.5. The van der Waals surface area contributed by atoms with E-state index < -0.39 is 12.1 Å². The predicted octanol–water partition coefficient (Wildman–Crippen LogP) is 7.75. The number of carboxylic acids is 1. The van der Waals surface area contributed by atoms with Crippen LogP contribution >= 0.6 is 0 Å². The van der Waals surface area contributed by atoms with Gasteiger partial charge >= 0.3 is 12.1 Å². The summed E-state index contributed by atoms with van der Waals surface area (Å²) in [5.41, 5.74) is 5.34. The van der Waals surface area contributed by atoms with E-state index in [1.807, 2.05) is 24.3 Å². The maximum Gasteiger partial charge on any atom is 0.419 e. The number of ketones is 1. The van der Waals surface area contributed by atoms with Gasteiger partial charge in [0.05, 0.1) is 11.3 Å². The number of hydrogen-bond acceptors (Lipinski definition) is 4. The highest BCUT2D eigenvalue weighted by Crippen LogP contribution is 2.57. The molecule has 1 atom stereocenters. The lowest BCUT2D eigenvalue weighted by Gasteiger charge is -2.23. The summed E-state index contributed by atoms with van der Waals surface area (Å²) in [6.07, 6.45) is 1.21. The zero-order valence-electron chi connectivity index (χ0n) is 22.5. The number of alkyl halides is 2. The molecule has 208 valence electrons. The minimum Gasteiger partial charge on any atom is -0.478 e. The fraction of sp³-hybridized carbons (Fsp3) is 0.333. The number of carbonyl (C=O) groups is 2. The molecule has 7 heteroatoms. The van der Waals surface area contributed by atoms with E-state index in [9.17, 15) is 18.4 Å². The normalized spacial score (nSPS) is 15.9. The number of hydrogen-bond donors (Lipinski definition) is 1. The molecule has 0 aromatic heterocycles. The Kier molecular flexibility index (Phi) is 7.49. The van der Waals surface area contributed by atoms with Crippen LogP contribution in [-0.4, -0.2) is 29.5 Å². The van der Waals surface area contributed by atoms with Gasteiger partial charge in [0.2, 0.25) is 0 Å². The molecule has 1 saturated carbocycles. The van der Waals surface area contributed by atoms with Gasteiger partial charge in [-0.05, 0) is 78.6 Å². The van der Waals surface area contributed by atoms with E-state index in [0.29, 0.717) is 19.0 Å². The average Bonchev–Trinajstić information content (AvgIpc) is 3.66. The summed E-state index contributed by atoms with van der Waals surface area (Å²) in [4.78, 5) is 26.9. The SMILES string of the molecule is C=CC(F)(F)Oc1ccc(CN2CC3(CC3)c3cccc(C(=O)CCCC(C)c4ccc(C(=O)O)cc4)c32)cc1. The smallest absolute Gasteiger partial charge is 0.419 e. The largest absolute Gasteiger partial charge is 0.478 e. The van der Waals surface area contributed by atoms with Crippen molar-refractivity contribution in [1.82, 2.24) is 0 Å². The Morgan fingerprint density at radius 3 is 2.42 bits per heavy atom. The minimum absolute atomic E-state index is 0.0667. The quantitative estimate of drug-likeness (QED) is 0.186. The van der Waals surface area contributed by atoms with E-state index in [1.54, 1.807) is 24.3 Å². The van der Waals surface area contributed by atoms with Crippen LogP contribution in [-0.2, 0) is 12.0 Å². The van der Waals surface area contributed by atoms with Gasteiger partial charge in [0.25, 0.3) is 0 Å². The summed E-state index contributed by atoms with van der Waals surface area (Å²) in [6.45, 7) is 6.60. The fourth-order valence-electron chi connectivity index (χ4n) is 5.69. The van der Waals surface area contributed by atoms with Crippen molar-refractivity contribution in [2.24, 2.45) is 0 Å². The number of fused-ring (bicyclic) bond motifs is 2. The van der Waals surface area contributed by atoms with Crippen molar-refractivity contribution in [2.45, 2.75) is 63.0 Å². The molecule has 1 unspecified atom stereocenters. The number of Topliss-reactive ketones (excluding diaryl/α,β-unsaturated/α-hetero) is 1. The van der Waals surface area contributed by atoms with Gasteiger partial charge in [-0.15, -0.1) is 0 Å². The van der Waals surface area contributed by atoms with Crippen LogP contribution in [0.4, 0.5) is 14.5 Å². The van der Waals surface area contributed by atoms with Gasteiger partial charge in [0.15, 0.2) is 5.78 Å². The number of nitrogens with zero attached hydrogens (tertiary/aromatic N) is 1. The lowest BCUT2D eigenvalue weighted by molar-refractivity contribution is -0.131. The highest BCUT2D eigenvalue weighted by atomic mass is 19.3. The molecule has 0 saturated heterocycles. The molecule has 0 amide bonds. The number of anilines is 1. The van der Waals surface area contributed by atoms with Crippen LogP contribution < -0.4 is 9.64 Å². The monoisotopic (exact) mass is 545 g/mol. The van der Waals surface area contributed by atoms with Crippen molar-refractivity contribution < 1.29 is 28.2 Å². The predicted molar refractivity (Wildman–Crippen MR) is 151 cm³/mol. The number of benzene rings is 3. The zero-order chi connectivity index (χ0) is 28.5. The molecule has 5 nitrogen and oxygen atoms in total. The number of para-hydroxylation sites is 1. The van der Waals surface area contributed by atoms with Gasteiger partial charge in [-0.1, -0.05) is 49.9 Å². The van der Waals surface area contributed by atoms with Crippen molar-refractivity contribution in [3.63, 3.8) is 0 Å². The lowest BCUT2D eigenvalue weighted by atomic mass is 9.92. The van der Waals surface area contributed by atoms with E-state index in [2.05, 4.69) is 29.2 Å². The van der Waals surface area contributed by atoms with E-state index in [-0.39, 0.29) is 28.4 Å². The Morgan fingerprint density at radius 1 is 1.10 bits per heavy atom. The Morgan fingerprint density at radius 2 is 1.80 bits per heavy atom. The van der Waals surface area contributed by atoms with Gasteiger partial charge in [0.1, 0.15) is 5.75 Å². The number of carboxylic acid groups (broad SMARTS) is 1. The molecule has 3 aromatic rings. The lowest BCUT2D eigenvalue weighted by Crippen LogP contribution is -2.25. The standard InChI is InChI=1S/C33H33F2NO4/c1-3-33(34,35)40-26-16-10-23(11-17-26)20-36-21-32(18-19-32)28-8-5-7-27(30(28)36)29(37)9-4-6-22(2)24-12-14-25(15-13-24)31(38)39/h3,5,7-8,10-17,22H,1,4,6,9,18-21H2,2H3,(H,38,39). The first-order chi connectivity index (χ1) is 19.1. The van der Waals surface area contributed by atoms with Crippen LogP contribution in [0.5, 0.6) is 5.75 Å². The molecule has 1 spiro atoms. The number of rotatable bonds is 12. The highest BCUT2D eigenvalue weighted by Gasteiger charge is 2.52. The Hall–Kier alpha value is -4.00. The molecule has 0 radical (unpaired) electrons. The molecule has 1 N–H and O–H groups in total. The Bertz CT molecular complexity index is 1410. The summed E-state index contributed by atoms with van der Waals surface area (Å²) in [5.74, 6) is -0.552. The van der Waals surface area contributed by atoms with E-state index >= 15 is 0 Å². The molecule has 0 bridgehead atoms. The molecule has 1 fully saturated rings. The molecular formula is C33H33F2NO4. The third-order valence-electron chi connectivity index (χ3n) is 8.13. The number of aromatic carboxylic acids is 1. The third-order valence-corrected chi connectivity index (χ3v) is 8.13. The summed E-state index contributed by atoms with van der Waals surface area (Å²) in [5, 5.41) is 9.11. The average molecular weight is 546 g/mol. The van der Waals surface area contributed by atoms with Gasteiger partial charge in [-0.3, -0.25) is 4.79 Å². The first kappa shape index (κ1) is 27.6. The first-order valence-corrected chi connectivity index (χ1v) is 13.6. The van der Waals surface area contributed by atoms with E-state index in [0.717, 1.165) is 54.6 Å². The summed E-state index contributed by atoms with van der Waals surface area (Å²) < 4.78 is 31.7. The van der Waals surface area contributed by atoms with Crippen molar-refractivity contribution >= 4 is 17.4 Å². The van der Waals surface area contributed by atoms with Gasteiger partial charge < -0.3 is 14.7 Å². The van der Waals surface area contributed by atoms with Crippen LogP contribution in [0.2, 0.25) is 0 Å². The minimum atomic E-state index is -3.42. The van der Waals surface area contributed by atoms with Crippen molar-refractivity contribution in [1.29, 1.82) is 0 Å². The summed E-state index contributed by atoms with van der Waals surface area (Å²) >= 11 is 0. The van der Waals surface area contributed by atoms with Crippen LogP contribution in [0.15, 0.2) is 79.4 Å². The van der Waals surface area contributed by atoms with E-state index in [1.165, 1.54) is 17.7 Å². The van der Waals surface area contributed by atoms with Gasteiger partial charge in [0, 0.05) is 36.6 Å². The molecule has 3 aromatic carbocycles. The number of ether oxygens (including phenoxy) is 1. The first-order valence-electron chi connectivity index (χ1n) is 13.6. The topological polar surface area (TPSA) is 66.8 Å². The highest BCUT2D eigenvalue weighted by molar-refractivity contribution is 6.03. The van der Waals surface area contributed by atoms with Crippen molar-refractivity contribution in [2.75, 3.05) is 11.4 Å². The van der Waals surface area contributed by atoms with Gasteiger partial charge in [-0.2, -0.15) is 8.78 Å². The second-order valence-corrected chi connectivity index (χ2v) is 11.0. The third kappa shape index (κ3) is 5.79. The molecule has 5 rings (SSSR count). The molecule has 40 heavy (non-hydrogen) atoms. The van der Waals surface area contributed by atoms with Crippen LogP contribution in [0, 0.1) is 0 Å². The fourth-order valence-corrected chi connectivity index (χ4v) is 5.69. The van der Waals surface area contributed by atoms with Crippen LogP contribution in [0.3, 0.4) is 0 Å². The second-order valence-electron chi connectivity index (χ2n) is 11.0. The van der Waals surface area contributed by atoms with E-state index in [4.69, 9.17) is 5.11 Å².